The van der Waals surface area contributed by atoms with Crippen LogP contribution in [0.3, 0.4) is 0 Å². The van der Waals surface area contributed by atoms with Gasteiger partial charge in [-0.05, 0) is 105 Å². The van der Waals surface area contributed by atoms with Crippen LogP contribution in [0.4, 0.5) is 0 Å². The fourth-order valence-electron chi connectivity index (χ4n) is 10.6. The van der Waals surface area contributed by atoms with Gasteiger partial charge in [0.2, 0.25) is 0 Å². The summed E-state index contributed by atoms with van der Waals surface area (Å²) in [5.41, 5.74) is 16.2. The molecule has 11 aromatic carbocycles. The van der Waals surface area contributed by atoms with Crippen molar-refractivity contribution in [2.24, 2.45) is 0 Å². The summed E-state index contributed by atoms with van der Waals surface area (Å²) >= 11 is 0. The van der Waals surface area contributed by atoms with E-state index in [0.29, 0.717) is 17.5 Å². The molecule has 0 aliphatic carbocycles. The predicted molar refractivity (Wildman–Crippen MR) is 296 cm³/mol. The fourth-order valence-corrected chi connectivity index (χ4v) is 10.6. The summed E-state index contributed by atoms with van der Waals surface area (Å²) < 4.78 is 4.64. The molecule has 0 N–H and O–H groups in total. The number of nitrogens with zero attached hydrogens (tertiary/aromatic N) is 5. The monoisotopic (exact) mass is 915 g/mol. The second-order valence-electron chi connectivity index (χ2n) is 18.3. The molecule has 0 atom stereocenters. The second kappa shape index (κ2) is 17.0. The highest BCUT2D eigenvalue weighted by molar-refractivity contribution is 6.10. The molecular formula is C67H41N5. The maximum atomic E-state index is 5.23. The van der Waals surface area contributed by atoms with Crippen molar-refractivity contribution < 1.29 is 0 Å². The van der Waals surface area contributed by atoms with E-state index in [1.807, 2.05) is 6.07 Å². The van der Waals surface area contributed by atoms with Gasteiger partial charge in [-0.2, -0.15) is 0 Å². The first-order valence-corrected chi connectivity index (χ1v) is 24.3. The van der Waals surface area contributed by atoms with Gasteiger partial charge in [0.1, 0.15) is 0 Å². The van der Waals surface area contributed by atoms with Gasteiger partial charge in [-0.3, -0.25) is 0 Å². The van der Waals surface area contributed by atoms with Crippen molar-refractivity contribution in [3.05, 3.63) is 261 Å². The molecule has 0 saturated heterocycles. The summed E-state index contributed by atoms with van der Waals surface area (Å²) in [5, 5.41) is 7.13. The minimum Gasteiger partial charge on any atom is -0.309 e. The summed E-state index contributed by atoms with van der Waals surface area (Å²) in [6, 6.07) is 94.6. The number of hydrogen-bond acceptors (Lipinski definition) is 3. The Bertz CT molecular complexity index is 4280. The van der Waals surface area contributed by atoms with Crippen LogP contribution in [0.15, 0.2) is 249 Å². The Labute approximate surface area is 416 Å². The smallest absolute Gasteiger partial charge is 0.164 e. The van der Waals surface area contributed by atoms with Gasteiger partial charge < -0.3 is 9.13 Å². The summed E-state index contributed by atoms with van der Waals surface area (Å²) in [4.78, 5) is 15.7. The van der Waals surface area contributed by atoms with E-state index in [-0.39, 0.29) is 0 Å². The molecule has 0 aliphatic rings. The van der Waals surface area contributed by atoms with Crippen molar-refractivity contribution >= 4 is 54.4 Å². The van der Waals surface area contributed by atoms with Crippen molar-refractivity contribution in [1.29, 1.82) is 0 Å². The van der Waals surface area contributed by atoms with Crippen LogP contribution in [0.25, 0.3) is 133 Å². The highest BCUT2D eigenvalue weighted by Crippen LogP contribution is 2.37. The van der Waals surface area contributed by atoms with E-state index < -0.39 is 0 Å². The van der Waals surface area contributed by atoms with Crippen molar-refractivity contribution in [2.75, 3.05) is 0 Å². The Hall–Kier alpha value is -9.89. The van der Waals surface area contributed by atoms with Crippen LogP contribution in [0, 0.1) is 12.1 Å². The number of benzene rings is 10. The molecule has 0 radical (unpaired) electrons. The Kier molecular flexibility index (Phi) is 9.68. The van der Waals surface area contributed by atoms with E-state index in [2.05, 4.69) is 264 Å². The molecule has 14 rings (SSSR count). The summed E-state index contributed by atoms with van der Waals surface area (Å²) in [6.45, 7) is 0. The molecule has 0 aliphatic heterocycles. The maximum Gasteiger partial charge on any atom is 0.164 e. The van der Waals surface area contributed by atoms with Crippen LogP contribution in [0.2, 0.25) is 0 Å². The van der Waals surface area contributed by atoms with Crippen molar-refractivity contribution in [1.82, 2.24) is 24.1 Å². The van der Waals surface area contributed by atoms with Crippen LogP contribution in [-0.4, -0.2) is 24.1 Å². The van der Waals surface area contributed by atoms with E-state index in [9.17, 15) is 0 Å². The number of fused-ring (bicyclic) bond motifs is 7. The first kappa shape index (κ1) is 41.1. The second-order valence-corrected chi connectivity index (χ2v) is 18.3. The third kappa shape index (κ3) is 7.01. The van der Waals surface area contributed by atoms with E-state index in [1.165, 1.54) is 43.7 Å². The van der Waals surface area contributed by atoms with Gasteiger partial charge in [-0.15, -0.1) is 0 Å². The minimum absolute atomic E-state index is 0.590. The number of rotatable bonds is 8. The zero-order valence-corrected chi connectivity index (χ0v) is 38.9. The Morgan fingerprint density at radius 3 is 1.39 bits per heavy atom. The molecule has 0 bridgehead atoms. The first-order valence-electron chi connectivity index (χ1n) is 24.3. The first-order chi connectivity index (χ1) is 35.7. The summed E-state index contributed by atoms with van der Waals surface area (Å²) in [7, 11) is 0. The van der Waals surface area contributed by atoms with E-state index in [1.54, 1.807) is 0 Å². The number of hydrogen-bond donors (Lipinski definition) is 0. The highest BCUT2D eigenvalue weighted by atomic mass is 15.0. The molecule has 0 saturated carbocycles. The molecule has 5 heteroatoms. The largest absolute Gasteiger partial charge is 0.309 e. The molecule has 3 heterocycles. The molecule has 3 aromatic heterocycles. The maximum absolute atomic E-state index is 5.23. The van der Waals surface area contributed by atoms with Crippen molar-refractivity contribution in [3.63, 3.8) is 0 Å². The molecule has 334 valence electrons. The third-order valence-corrected chi connectivity index (χ3v) is 14.0. The molecular weight excluding hydrogens is 875 g/mol. The summed E-state index contributed by atoms with van der Waals surface area (Å²) in [6.07, 6.45) is 0. The Morgan fingerprint density at radius 2 is 0.736 bits per heavy atom. The lowest BCUT2D eigenvalue weighted by molar-refractivity contribution is 1.07. The van der Waals surface area contributed by atoms with Crippen LogP contribution in [-0.2, 0) is 0 Å². The Morgan fingerprint density at radius 1 is 0.292 bits per heavy atom. The van der Waals surface area contributed by atoms with Gasteiger partial charge in [0, 0.05) is 44.2 Å². The molecule has 72 heavy (non-hydrogen) atoms. The van der Waals surface area contributed by atoms with Gasteiger partial charge in [0.25, 0.3) is 0 Å². The SMILES string of the molecule is c1ccc2c(c#1)c1ccccc1n2-c1cccc(-c2nc(-c3ccc(-c4cccc(-c5cccc6ccccc56)c4)cc3)nc(-c3ccc(-c4cccc(-n5c6ccccc6c6ccccc65)c4)cc3)n2)c1. The zero-order chi connectivity index (χ0) is 47.5. The molecule has 0 amide bonds. The molecule has 0 unspecified atom stereocenters. The normalized spacial score (nSPS) is 11.5. The van der Waals surface area contributed by atoms with Gasteiger partial charge in [-0.1, -0.05) is 200 Å². The van der Waals surface area contributed by atoms with Crippen LogP contribution >= 0.6 is 0 Å². The van der Waals surface area contributed by atoms with E-state index >= 15 is 0 Å². The average molecular weight is 916 g/mol. The van der Waals surface area contributed by atoms with Gasteiger partial charge >= 0.3 is 0 Å². The van der Waals surface area contributed by atoms with Gasteiger partial charge in [0.15, 0.2) is 17.5 Å². The molecule has 14 aromatic rings. The summed E-state index contributed by atoms with van der Waals surface area (Å²) in [5.74, 6) is 1.79. The standard InChI is InChI=1S/C67H41N5/c1-2-23-55-46(15-1)16-14-28-56(55)51-19-11-17-49(41-51)44-33-37-47(38-34-44)65-68-66(70-67(69-65)52-20-13-22-54(43-52)72-63-31-9-5-26-59(63)60-27-6-10-32-64(60)72)48-39-35-45(36-40-48)50-18-12-21-53(42-50)71-61-29-7-3-24-57(61)58-25-4-8-30-62(58)71/h1-5,7-26,28-43H. The van der Waals surface area contributed by atoms with Crippen molar-refractivity contribution in [3.8, 4) is 78.9 Å². The highest BCUT2D eigenvalue weighted by Gasteiger charge is 2.18. The topological polar surface area (TPSA) is 48.5 Å². The van der Waals surface area contributed by atoms with Crippen molar-refractivity contribution in [2.45, 2.75) is 0 Å². The fraction of sp³-hybridized carbons (Fsp3) is 0. The van der Waals surface area contributed by atoms with E-state index in [0.717, 1.165) is 72.1 Å². The lowest BCUT2D eigenvalue weighted by Crippen LogP contribution is -2.01. The van der Waals surface area contributed by atoms with Crippen LogP contribution < -0.4 is 0 Å². The van der Waals surface area contributed by atoms with Crippen LogP contribution in [0.1, 0.15) is 0 Å². The molecule has 0 spiro atoms. The minimum atomic E-state index is 0.590. The lowest BCUT2D eigenvalue weighted by Gasteiger charge is -2.12. The van der Waals surface area contributed by atoms with Gasteiger partial charge in [-0.25, -0.2) is 15.0 Å². The molecule has 0 fully saturated rings. The quantitative estimate of drug-likeness (QED) is 0.153. The zero-order valence-electron chi connectivity index (χ0n) is 38.9. The van der Waals surface area contributed by atoms with Gasteiger partial charge in [0.05, 0.1) is 27.5 Å². The lowest BCUT2D eigenvalue weighted by atomic mass is 9.95. The number of para-hydroxylation sites is 3. The predicted octanol–water partition coefficient (Wildman–Crippen LogP) is 16.8. The Balaban J connectivity index is 0.855. The molecule has 5 nitrogen and oxygen atoms in total. The third-order valence-electron chi connectivity index (χ3n) is 14.0. The number of aromatic nitrogens is 5. The van der Waals surface area contributed by atoms with Crippen LogP contribution in [0.5, 0.6) is 0 Å². The van der Waals surface area contributed by atoms with E-state index in [4.69, 9.17) is 15.0 Å². The average Bonchev–Trinajstić information content (AvgIpc) is 3.98.